The molecule has 1 amide bonds. The molecule has 1 aromatic heterocycles. The molecule has 5 rings (SSSR count). The molecule has 0 radical (unpaired) electrons. The number of nitrogens with zero attached hydrogens (tertiary/aromatic N) is 1. The Balaban J connectivity index is 1.10. The molecule has 1 saturated heterocycles. The zero-order valence-electron chi connectivity index (χ0n) is 20.0. The highest BCUT2D eigenvalue weighted by molar-refractivity contribution is 6.02. The Morgan fingerprint density at radius 2 is 1.97 bits per heavy atom. The van der Waals surface area contributed by atoms with Crippen LogP contribution < -0.4 is 10.1 Å². The number of likely N-dealkylation sites (tertiary alicyclic amines) is 1. The maximum absolute atomic E-state index is 12.7. The van der Waals surface area contributed by atoms with E-state index in [0.29, 0.717) is 62.4 Å². The fourth-order valence-electron chi connectivity index (χ4n) is 6.58. The number of nitrogens with one attached hydrogen (secondary N) is 2. The Bertz CT molecular complexity index is 1050. The first kappa shape index (κ1) is 24.4. The van der Waals surface area contributed by atoms with E-state index in [2.05, 4.69) is 10.3 Å². The van der Waals surface area contributed by atoms with Crippen molar-refractivity contribution in [2.45, 2.75) is 57.7 Å². The van der Waals surface area contributed by atoms with Gasteiger partial charge in [-0.15, -0.1) is 0 Å². The highest BCUT2D eigenvalue weighted by Crippen LogP contribution is 2.44. The first-order valence-electron chi connectivity index (χ1n) is 12.6. The summed E-state index contributed by atoms with van der Waals surface area (Å²) in [7, 11) is 0. The molecule has 35 heavy (non-hydrogen) atoms. The van der Waals surface area contributed by atoms with Crippen molar-refractivity contribution < 1.29 is 27.8 Å². The van der Waals surface area contributed by atoms with Crippen molar-refractivity contribution in [2.75, 3.05) is 31.6 Å². The smallest absolute Gasteiger partial charge is 0.401 e. The van der Waals surface area contributed by atoms with Gasteiger partial charge in [0.1, 0.15) is 5.75 Å². The van der Waals surface area contributed by atoms with E-state index in [0.717, 1.165) is 35.9 Å². The first-order valence-corrected chi connectivity index (χ1v) is 12.6. The quantitative estimate of drug-likeness (QED) is 0.487. The van der Waals surface area contributed by atoms with Crippen molar-refractivity contribution in [1.29, 1.82) is 0 Å². The lowest BCUT2D eigenvalue weighted by Crippen LogP contribution is -2.40. The molecule has 2 heterocycles. The van der Waals surface area contributed by atoms with Gasteiger partial charge in [-0.2, -0.15) is 13.2 Å². The van der Waals surface area contributed by atoms with Crippen LogP contribution in [-0.2, 0) is 4.79 Å². The van der Waals surface area contributed by atoms with Crippen LogP contribution >= 0.6 is 0 Å². The van der Waals surface area contributed by atoms with Gasteiger partial charge in [0.15, 0.2) is 0 Å². The monoisotopic (exact) mass is 493 g/mol. The highest BCUT2D eigenvalue weighted by atomic mass is 19.4. The van der Waals surface area contributed by atoms with Gasteiger partial charge in [-0.3, -0.25) is 9.69 Å². The largest absolute Gasteiger partial charge is 0.494 e. The first-order chi connectivity index (χ1) is 16.6. The number of amides is 1. The maximum Gasteiger partial charge on any atom is 0.401 e. The van der Waals surface area contributed by atoms with Gasteiger partial charge >= 0.3 is 6.18 Å². The number of H-pyrrole nitrogens is 1. The van der Waals surface area contributed by atoms with Crippen LogP contribution in [0.1, 0.15) is 45.4 Å². The topological polar surface area (TPSA) is 77.6 Å². The zero-order valence-corrected chi connectivity index (χ0v) is 20.0. The van der Waals surface area contributed by atoms with E-state index in [-0.39, 0.29) is 17.4 Å². The molecule has 0 unspecified atom stereocenters. The number of aliphatic hydroxyl groups is 1. The van der Waals surface area contributed by atoms with Gasteiger partial charge in [-0.25, -0.2) is 0 Å². The van der Waals surface area contributed by atoms with Crippen molar-refractivity contribution in [3.05, 3.63) is 24.4 Å². The maximum atomic E-state index is 12.7. The number of aromatic amines is 1. The lowest BCUT2D eigenvalue weighted by molar-refractivity contribution is -0.144. The molecule has 1 aromatic carbocycles. The summed E-state index contributed by atoms with van der Waals surface area (Å²) in [5.74, 6) is 1.91. The number of fused-ring (bicyclic) bond motifs is 2. The molecule has 9 heteroatoms. The SMILES string of the molecule is C[C@]1(CC(=O)Nc2c[nH]c3ccc(OCC[C@@H]4C[C@@H]5CN(CC(F)(F)F)C[C@@H]5C4)cc23)C[C@@H](O)C1. The number of aromatic nitrogens is 1. The number of halogens is 3. The van der Waals surface area contributed by atoms with Crippen molar-refractivity contribution in [1.82, 2.24) is 9.88 Å². The standard InChI is InChI=1S/C26H34F3N3O3/c1-25(9-19(33)10-25)11-24(34)31-23-12-30-22-3-2-20(8-21(22)23)35-5-4-16-6-17-13-32(14-18(17)7-16)15-26(27,28)29/h2-3,8,12,16-19,30,33H,4-7,9-11,13-15H2,1H3,(H,31,34)/t16-,17-,18+,19-,25+. The summed E-state index contributed by atoms with van der Waals surface area (Å²) in [6, 6.07) is 5.76. The molecule has 192 valence electrons. The third-order valence-electron chi connectivity index (χ3n) is 8.09. The molecule has 3 fully saturated rings. The van der Waals surface area contributed by atoms with E-state index < -0.39 is 12.7 Å². The Hall–Kier alpha value is -2.26. The van der Waals surface area contributed by atoms with Crippen molar-refractivity contribution in [3.8, 4) is 5.75 Å². The minimum atomic E-state index is -4.12. The molecule has 0 bridgehead atoms. The summed E-state index contributed by atoms with van der Waals surface area (Å²) < 4.78 is 44.0. The molecule has 2 aliphatic carbocycles. The Morgan fingerprint density at radius 1 is 1.26 bits per heavy atom. The third kappa shape index (κ3) is 5.77. The van der Waals surface area contributed by atoms with Gasteiger partial charge < -0.3 is 20.1 Å². The number of carbonyl (C=O) groups is 1. The number of benzene rings is 1. The van der Waals surface area contributed by atoms with Crippen LogP contribution in [0.2, 0.25) is 0 Å². The summed E-state index contributed by atoms with van der Waals surface area (Å²) in [6.45, 7) is 2.91. The molecule has 3 N–H and O–H groups in total. The van der Waals surface area contributed by atoms with Crippen LogP contribution in [0.15, 0.2) is 24.4 Å². The average Bonchev–Trinajstić information content (AvgIpc) is 3.39. The predicted octanol–water partition coefficient (Wildman–Crippen LogP) is 4.95. The van der Waals surface area contributed by atoms with E-state index >= 15 is 0 Å². The Labute approximate surface area is 203 Å². The number of hydrogen-bond donors (Lipinski definition) is 3. The number of rotatable bonds is 8. The number of aliphatic hydroxyl groups excluding tert-OH is 1. The number of anilines is 1. The molecular weight excluding hydrogens is 459 g/mol. The number of carbonyl (C=O) groups excluding carboxylic acids is 1. The molecule has 2 saturated carbocycles. The summed E-state index contributed by atoms with van der Waals surface area (Å²) in [4.78, 5) is 17.3. The summed E-state index contributed by atoms with van der Waals surface area (Å²) in [5.41, 5.74) is 1.48. The second-order valence-electron chi connectivity index (χ2n) is 11.3. The van der Waals surface area contributed by atoms with Crippen LogP contribution in [0, 0.1) is 23.2 Å². The molecule has 1 aliphatic heterocycles. The van der Waals surface area contributed by atoms with Gasteiger partial charge in [0, 0.05) is 36.6 Å². The Morgan fingerprint density at radius 3 is 2.63 bits per heavy atom. The molecule has 0 spiro atoms. The van der Waals surface area contributed by atoms with Crippen LogP contribution in [0.4, 0.5) is 18.9 Å². The van der Waals surface area contributed by atoms with Crippen LogP contribution in [0.5, 0.6) is 5.75 Å². The van der Waals surface area contributed by atoms with Gasteiger partial charge in [0.2, 0.25) is 5.91 Å². The van der Waals surface area contributed by atoms with E-state index in [9.17, 15) is 23.1 Å². The molecule has 3 aliphatic rings. The van der Waals surface area contributed by atoms with E-state index in [1.165, 1.54) is 0 Å². The van der Waals surface area contributed by atoms with Gasteiger partial charge in [0.05, 0.1) is 24.9 Å². The number of ether oxygens (including phenoxy) is 1. The average molecular weight is 494 g/mol. The minimum Gasteiger partial charge on any atom is -0.494 e. The second kappa shape index (κ2) is 9.32. The third-order valence-corrected chi connectivity index (χ3v) is 8.09. The normalized spacial score (nSPS) is 30.9. The predicted molar refractivity (Wildman–Crippen MR) is 127 cm³/mol. The van der Waals surface area contributed by atoms with Gasteiger partial charge in [-0.1, -0.05) is 6.92 Å². The molecule has 3 atom stereocenters. The second-order valence-corrected chi connectivity index (χ2v) is 11.3. The summed E-state index contributed by atoms with van der Waals surface area (Å²) >= 11 is 0. The van der Waals surface area contributed by atoms with Crippen molar-refractivity contribution in [2.24, 2.45) is 23.2 Å². The number of hydrogen-bond acceptors (Lipinski definition) is 4. The van der Waals surface area contributed by atoms with Crippen LogP contribution in [0.25, 0.3) is 10.9 Å². The Kier molecular flexibility index (Phi) is 6.50. The lowest BCUT2D eigenvalue weighted by Gasteiger charge is -2.42. The van der Waals surface area contributed by atoms with Crippen molar-refractivity contribution in [3.63, 3.8) is 0 Å². The van der Waals surface area contributed by atoms with E-state index in [4.69, 9.17) is 4.74 Å². The molecule has 6 nitrogen and oxygen atoms in total. The van der Waals surface area contributed by atoms with Gasteiger partial charge in [-0.05, 0) is 73.5 Å². The number of alkyl halides is 3. The summed E-state index contributed by atoms with van der Waals surface area (Å²) in [6.07, 6.45) is 1.90. The van der Waals surface area contributed by atoms with Crippen LogP contribution in [0.3, 0.4) is 0 Å². The van der Waals surface area contributed by atoms with E-state index in [1.807, 2.05) is 25.1 Å². The fraction of sp³-hybridized carbons (Fsp3) is 0.654. The van der Waals surface area contributed by atoms with E-state index in [1.54, 1.807) is 11.1 Å². The summed E-state index contributed by atoms with van der Waals surface area (Å²) in [5, 5.41) is 13.4. The van der Waals surface area contributed by atoms with Crippen LogP contribution in [-0.4, -0.2) is 59.4 Å². The lowest BCUT2D eigenvalue weighted by atomic mass is 9.66. The molecule has 2 aromatic rings. The highest BCUT2D eigenvalue weighted by Gasteiger charge is 2.43. The zero-order chi connectivity index (χ0) is 24.8. The molecular formula is C26H34F3N3O3. The van der Waals surface area contributed by atoms with Crippen molar-refractivity contribution >= 4 is 22.5 Å². The van der Waals surface area contributed by atoms with Gasteiger partial charge in [0.25, 0.3) is 0 Å². The minimum absolute atomic E-state index is 0.0628. The fourth-order valence-corrected chi connectivity index (χ4v) is 6.58.